The molecule has 0 aliphatic heterocycles. The second-order valence-electron chi connectivity index (χ2n) is 1.77. The first kappa shape index (κ1) is 15.0. The molecule has 0 saturated heterocycles. The van der Waals surface area contributed by atoms with Crippen LogP contribution in [-0.2, 0) is 4.79 Å². The number of hydrogen-bond acceptors (Lipinski definition) is 3. The summed E-state index contributed by atoms with van der Waals surface area (Å²) in [4.78, 5) is 18.0. The van der Waals surface area contributed by atoms with Gasteiger partial charge in [0.1, 0.15) is 0 Å². The van der Waals surface area contributed by atoms with Crippen LogP contribution in [0.25, 0.3) is 0 Å². The number of carbonyl (C=O) groups excluding carboxylic acids is 1. The Balaban J connectivity index is 0. The molecule has 4 heteroatoms. The van der Waals surface area contributed by atoms with Crippen molar-refractivity contribution in [1.29, 1.82) is 0 Å². The summed E-state index contributed by atoms with van der Waals surface area (Å²) >= 11 is 0. The minimum atomic E-state index is -0.138. The lowest BCUT2D eigenvalue weighted by Crippen LogP contribution is -2.07. The molecule has 0 spiro atoms. The van der Waals surface area contributed by atoms with Crippen LogP contribution in [0.3, 0.4) is 0 Å². The Morgan fingerprint density at radius 1 is 1.21 bits per heavy atom. The highest BCUT2D eigenvalue weighted by atomic mass is 16.1. The molecule has 0 aliphatic rings. The van der Waals surface area contributed by atoms with Crippen molar-refractivity contribution in [3.8, 4) is 0 Å². The molecule has 1 rings (SSSR count). The molecule has 1 aromatic rings. The molecule has 0 aromatic carbocycles. The molecule has 0 aliphatic carbocycles. The van der Waals surface area contributed by atoms with E-state index in [1.54, 1.807) is 6.20 Å². The molecule has 1 aromatic heterocycles. The van der Waals surface area contributed by atoms with Gasteiger partial charge in [0, 0.05) is 19.3 Å². The van der Waals surface area contributed by atoms with Crippen molar-refractivity contribution in [2.45, 2.75) is 34.6 Å². The Morgan fingerprint density at radius 2 is 1.79 bits per heavy atom. The van der Waals surface area contributed by atoms with Crippen molar-refractivity contribution in [2.24, 2.45) is 0 Å². The summed E-state index contributed by atoms with van der Waals surface area (Å²) in [6.45, 7) is 9.43. The lowest BCUT2D eigenvalue weighted by molar-refractivity contribution is -0.114. The summed E-state index contributed by atoms with van der Waals surface area (Å²) in [6, 6.07) is 0. The fourth-order valence-electron chi connectivity index (χ4n) is 0.544. The zero-order valence-electron chi connectivity index (χ0n) is 9.53. The first-order valence-electron chi connectivity index (χ1n) is 4.82. The van der Waals surface area contributed by atoms with Crippen LogP contribution in [-0.4, -0.2) is 15.9 Å². The van der Waals surface area contributed by atoms with Gasteiger partial charge in [-0.2, -0.15) is 0 Å². The predicted molar refractivity (Wildman–Crippen MR) is 59.0 cm³/mol. The number of hydrogen-bond donors (Lipinski definition) is 1. The molecule has 0 bridgehead atoms. The molecule has 4 nitrogen and oxygen atoms in total. The summed E-state index contributed by atoms with van der Waals surface area (Å²) in [5.74, 6) is 0.343. The summed E-state index contributed by atoms with van der Waals surface area (Å²) in [5, 5.41) is 2.49. The second kappa shape index (κ2) is 11.6. The zero-order valence-corrected chi connectivity index (χ0v) is 9.53. The number of nitrogens with zero attached hydrogens (tertiary/aromatic N) is 2. The maximum absolute atomic E-state index is 10.4. The van der Waals surface area contributed by atoms with E-state index >= 15 is 0 Å². The molecular weight excluding hydrogens is 178 g/mol. The van der Waals surface area contributed by atoms with Crippen LogP contribution in [0.5, 0.6) is 0 Å². The highest BCUT2D eigenvalue weighted by Crippen LogP contribution is 1.94. The van der Waals surface area contributed by atoms with Gasteiger partial charge in [-0.15, -0.1) is 0 Å². The Labute approximate surface area is 85.8 Å². The Bertz CT molecular complexity index is 224. The lowest BCUT2D eigenvalue weighted by atomic mass is 10.6. The van der Waals surface area contributed by atoms with E-state index in [0.29, 0.717) is 5.82 Å². The van der Waals surface area contributed by atoms with Crippen molar-refractivity contribution in [2.75, 3.05) is 5.32 Å². The third kappa shape index (κ3) is 8.64. The number of amides is 1. The van der Waals surface area contributed by atoms with E-state index in [1.165, 1.54) is 19.3 Å². The van der Waals surface area contributed by atoms with E-state index < -0.39 is 0 Å². The molecule has 1 amide bonds. The average Bonchev–Trinajstić information content (AvgIpc) is 2.24. The monoisotopic (exact) mass is 197 g/mol. The summed E-state index contributed by atoms with van der Waals surface area (Å²) in [6.07, 6.45) is 4.55. The summed E-state index contributed by atoms with van der Waals surface area (Å²) < 4.78 is 0. The van der Waals surface area contributed by atoms with Crippen molar-refractivity contribution in [3.63, 3.8) is 0 Å². The van der Waals surface area contributed by atoms with E-state index in [9.17, 15) is 4.79 Å². The molecule has 0 fully saturated rings. The van der Waals surface area contributed by atoms with Gasteiger partial charge >= 0.3 is 0 Å². The molecule has 0 atom stereocenters. The zero-order chi connectivity index (χ0) is 11.4. The minimum Gasteiger partial charge on any atom is -0.310 e. The molecule has 0 unspecified atom stereocenters. The van der Waals surface area contributed by atoms with Crippen LogP contribution in [0.1, 0.15) is 34.6 Å². The number of rotatable bonds is 1. The molecule has 0 saturated carbocycles. The van der Waals surface area contributed by atoms with Gasteiger partial charge < -0.3 is 5.32 Å². The fraction of sp³-hybridized carbons (Fsp3) is 0.500. The second-order valence-corrected chi connectivity index (χ2v) is 1.77. The van der Waals surface area contributed by atoms with Gasteiger partial charge in [-0.05, 0) is 0 Å². The van der Waals surface area contributed by atoms with Crippen LogP contribution in [0.15, 0.2) is 18.6 Å². The maximum atomic E-state index is 10.4. The summed E-state index contributed by atoms with van der Waals surface area (Å²) in [5.41, 5.74) is 0. The Hall–Kier alpha value is -1.45. The van der Waals surface area contributed by atoms with E-state index in [2.05, 4.69) is 15.3 Å². The normalized spacial score (nSPS) is 7.21. The molecule has 14 heavy (non-hydrogen) atoms. The third-order valence-corrected chi connectivity index (χ3v) is 0.867. The van der Waals surface area contributed by atoms with Crippen LogP contribution in [0.4, 0.5) is 5.82 Å². The highest BCUT2D eigenvalue weighted by Gasteiger charge is 1.92. The standard InChI is InChI=1S/C6H7N3O.2C2H6/c1-5(10)9-6-4-7-2-3-8-6;2*1-2/h2-4H,1H3,(H,8,9,10);2*1-2H3. The number of aromatic nitrogens is 2. The quantitative estimate of drug-likeness (QED) is 0.752. The van der Waals surface area contributed by atoms with E-state index in [4.69, 9.17) is 0 Å². The molecule has 80 valence electrons. The van der Waals surface area contributed by atoms with Gasteiger partial charge in [-0.25, -0.2) is 4.98 Å². The van der Waals surface area contributed by atoms with E-state index in [0.717, 1.165) is 0 Å². The SMILES string of the molecule is CC.CC.CC(=O)Nc1cnccn1. The van der Waals surface area contributed by atoms with Gasteiger partial charge in [0.05, 0.1) is 6.20 Å². The van der Waals surface area contributed by atoms with Gasteiger partial charge in [0.25, 0.3) is 0 Å². The van der Waals surface area contributed by atoms with Crippen LogP contribution < -0.4 is 5.32 Å². The van der Waals surface area contributed by atoms with Crippen molar-refractivity contribution in [3.05, 3.63) is 18.6 Å². The molecular formula is C10H19N3O. The van der Waals surface area contributed by atoms with Gasteiger partial charge in [0.2, 0.25) is 5.91 Å². The van der Waals surface area contributed by atoms with Crippen LogP contribution in [0, 0.1) is 0 Å². The topological polar surface area (TPSA) is 54.9 Å². The van der Waals surface area contributed by atoms with Crippen molar-refractivity contribution >= 4 is 11.7 Å². The Kier molecular flexibility index (Phi) is 12.4. The molecule has 1 heterocycles. The highest BCUT2D eigenvalue weighted by molar-refractivity contribution is 5.87. The number of anilines is 1. The Morgan fingerprint density at radius 3 is 2.14 bits per heavy atom. The third-order valence-electron chi connectivity index (χ3n) is 0.867. The lowest BCUT2D eigenvalue weighted by Gasteiger charge is -1.96. The van der Waals surface area contributed by atoms with Crippen LogP contribution in [0.2, 0.25) is 0 Å². The predicted octanol–water partition coefficient (Wildman–Crippen LogP) is 2.49. The fourth-order valence-corrected chi connectivity index (χ4v) is 0.544. The number of nitrogens with one attached hydrogen (secondary N) is 1. The maximum Gasteiger partial charge on any atom is 0.222 e. The van der Waals surface area contributed by atoms with Crippen LogP contribution >= 0.6 is 0 Å². The van der Waals surface area contributed by atoms with Gasteiger partial charge in [0.15, 0.2) is 5.82 Å². The first-order valence-corrected chi connectivity index (χ1v) is 4.82. The van der Waals surface area contributed by atoms with Crippen molar-refractivity contribution in [1.82, 2.24) is 9.97 Å². The van der Waals surface area contributed by atoms with E-state index in [1.807, 2.05) is 27.7 Å². The minimum absolute atomic E-state index is 0.138. The smallest absolute Gasteiger partial charge is 0.222 e. The van der Waals surface area contributed by atoms with Crippen molar-refractivity contribution < 1.29 is 4.79 Å². The van der Waals surface area contributed by atoms with E-state index in [-0.39, 0.29) is 5.91 Å². The molecule has 1 N–H and O–H groups in total. The average molecular weight is 197 g/mol. The largest absolute Gasteiger partial charge is 0.310 e. The molecule has 0 radical (unpaired) electrons. The first-order chi connectivity index (χ1) is 6.79. The van der Waals surface area contributed by atoms with Gasteiger partial charge in [-0.3, -0.25) is 9.78 Å². The summed E-state index contributed by atoms with van der Waals surface area (Å²) in [7, 11) is 0. The number of carbonyl (C=O) groups is 1. The van der Waals surface area contributed by atoms with Gasteiger partial charge in [-0.1, -0.05) is 27.7 Å².